The summed E-state index contributed by atoms with van der Waals surface area (Å²) in [5, 5.41) is 0. The van der Waals surface area contributed by atoms with Crippen molar-refractivity contribution in [1.29, 1.82) is 0 Å². The van der Waals surface area contributed by atoms with Crippen LogP contribution in [0.1, 0.15) is 19.4 Å². The maximum Gasteiger partial charge on any atom is 0.241 e. The number of rotatable bonds is 6. The molecule has 0 aliphatic heterocycles. The fourth-order valence-corrected chi connectivity index (χ4v) is 4.12. The van der Waals surface area contributed by atoms with Crippen molar-refractivity contribution in [3.63, 3.8) is 0 Å². The van der Waals surface area contributed by atoms with Crippen LogP contribution in [-0.4, -0.2) is 36.0 Å². The summed E-state index contributed by atoms with van der Waals surface area (Å²) in [4.78, 5) is 0.0404. The van der Waals surface area contributed by atoms with E-state index in [-0.39, 0.29) is 16.3 Å². The van der Waals surface area contributed by atoms with Crippen molar-refractivity contribution in [3.8, 4) is 0 Å². The molecule has 0 radical (unpaired) electrons. The highest BCUT2D eigenvalue weighted by Gasteiger charge is 2.26. The Balaban J connectivity index is 3.27. The highest BCUT2D eigenvalue weighted by Crippen LogP contribution is 2.20. The molecule has 0 aliphatic carbocycles. The van der Waals surface area contributed by atoms with Crippen molar-refractivity contribution in [1.82, 2.24) is 9.44 Å². The molecule has 120 valence electrons. The van der Waals surface area contributed by atoms with Crippen LogP contribution in [0.5, 0.6) is 0 Å². The molecule has 1 aromatic carbocycles. The minimum Gasteiger partial charge on any atom is -0.329 e. The second-order valence-corrected chi connectivity index (χ2v) is 8.87. The molecule has 7 nitrogen and oxygen atoms in total. The van der Waals surface area contributed by atoms with Gasteiger partial charge in [0.1, 0.15) is 0 Å². The largest absolute Gasteiger partial charge is 0.329 e. The molecule has 0 fully saturated rings. The molecule has 4 N–H and O–H groups in total. The van der Waals surface area contributed by atoms with Crippen LogP contribution >= 0.6 is 0 Å². The lowest BCUT2D eigenvalue weighted by Gasteiger charge is -2.24. The Bertz CT molecular complexity index is 725. The van der Waals surface area contributed by atoms with Crippen molar-refractivity contribution in [2.75, 3.05) is 13.6 Å². The van der Waals surface area contributed by atoms with Crippen LogP contribution in [0.25, 0.3) is 0 Å². The maximum atomic E-state index is 12.3. The number of benzene rings is 1. The summed E-state index contributed by atoms with van der Waals surface area (Å²) in [6, 6.07) is 3.84. The SMILES string of the molecule is CNS(=O)(=O)c1ccc(S(=O)(=O)NC(C)(C)CN)cc1C. The third-order valence-electron chi connectivity index (χ3n) is 2.94. The summed E-state index contributed by atoms with van der Waals surface area (Å²) in [5.41, 5.74) is 5.06. The smallest absolute Gasteiger partial charge is 0.241 e. The Morgan fingerprint density at radius 3 is 2.14 bits per heavy atom. The van der Waals surface area contributed by atoms with Crippen molar-refractivity contribution in [2.45, 2.75) is 36.1 Å². The number of sulfonamides is 2. The molecular weight excluding hydrogens is 314 g/mol. The van der Waals surface area contributed by atoms with E-state index < -0.39 is 25.6 Å². The van der Waals surface area contributed by atoms with E-state index in [0.29, 0.717) is 5.56 Å². The van der Waals surface area contributed by atoms with Gasteiger partial charge >= 0.3 is 0 Å². The highest BCUT2D eigenvalue weighted by atomic mass is 32.2. The molecule has 1 aromatic rings. The topological polar surface area (TPSA) is 118 Å². The normalized spacial score (nSPS) is 13.4. The molecule has 9 heteroatoms. The second kappa shape index (κ2) is 6.01. The van der Waals surface area contributed by atoms with Gasteiger partial charge in [0.05, 0.1) is 9.79 Å². The third kappa shape index (κ3) is 4.24. The van der Waals surface area contributed by atoms with Gasteiger partial charge in [-0.1, -0.05) is 0 Å². The Hall–Kier alpha value is -1.00. The lowest BCUT2D eigenvalue weighted by atomic mass is 10.1. The molecule has 0 aromatic heterocycles. The number of aryl methyl sites for hydroxylation is 1. The Morgan fingerprint density at radius 2 is 1.71 bits per heavy atom. The first-order valence-corrected chi connectivity index (χ1v) is 9.20. The summed E-state index contributed by atoms with van der Waals surface area (Å²) >= 11 is 0. The van der Waals surface area contributed by atoms with E-state index >= 15 is 0 Å². The zero-order chi connectivity index (χ0) is 16.5. The molecule has 0 amide bonds. The fourth-order valence-electron chi connectivity index (χ4n) is 1.66. The fraction of sp³-hybridized carbons (Fsp3) is 0.500. The Morgan fingerprint density at radius 1 is 1.14 bits per heavy atom. The Kier molecular flexibility index (Phi) is 5.17. The monoisotopic (exact) mass is 335 g/mol. The van der Waals surface area contributed by atoms with Crippen LogP contribution in [-0.2, 0) is 20.0 Å². The van der Waals surface area contributed by atoms with Crippen molar-refractivity contribution in [3.05, 3.63) is 23.8 Å². The van der Waals surface area contributed by atoms with E-state index in [9.17, 15) is 16.8 Å². The zero-order valence-electron chi connectivity index (χ0n) is 12.5. The highest BCUT2D eigenvalue weighted by molar-refractivity contribution is 7.90. The van der Waals surface area contributed by atoms with Gasteiger partial charge in [0.25, 0.3) is 0 Å². The summed E-state index contributed by atoms with van der Waals surface area (Å²) < 4.78 is 52.7. The minimum atomic E-state index is -3.77. The van der Waals surface area contributed by atoms with Crippen molar-refractivity contribution in [2.24, 2.45) is 5.73 Å². The summed E-state index contributed by atoms with van der Waals surface area (Å²) in [6.45, 7) is 5.00. The van der Waals surface area contributed by atoms with Crippen molar-refractivity contribution >= 4 is 20.0 Å². The predicted octanol–water partition coefficient (Wildman–Crippen LogP) is -0.0813. The van der Waals surface area contributed by atoms with Gasteiger partial charge in [-0.15, -0.1) is 0 Å². The molecule has 0 spiro atoms. The molecule has 21 heavy (non-hydrogen) atoms. The molecule has 0 atom stereocenters. The molecule has 0 bridgehead atoms. The van der Waals surface area contributed by atoms with Crippen LogP contribution in [0.15, 0.2) is 28.0 Å². The van der Waals surface area contributed by atoms with Gasteiger partial charge in [-0.05, 0) is 51.6 Å². The lowest BCUT2D eigenvalue weighted by Crippen LogP contribution is -2.48. The first-order valence-electron chi connectivity index (χ1n) is 6.23. The molecule has 0 saturated heterocycles. The third-order valence-corrected chi connectivity index (χ3v) is 6.21. The van der Waals surface area contributed by atoms with Crippen LogP contribution < -0.4 is 15.2 Å². The van der Waals surface area contributed by atoms with Gasteiger partial charge in [0.2, 0.25) is 20.0 Å². The lowest BCUT2D eigenvalue weighted by molar-refractivity contribution is 0.462. The van der Waals surface area contributed by atoms with Crippen LogP contribution in [0.2, 0.25) is 0 Å². The van der Waals surface area contributed by atoms with E-state index in [0.717, 1.165) is 0 Å². The maximum absolute atomic E-state index is 12.3. The van der Waals surface area contributed by atoms with Gasteiger partial charge in [-0.2, -0.15) is 0 Å². The first kappa shape index (κ1) is 18.1. The molecular formula is C12H21N3O4S2. The van der Waals surface area contributed by atoms with Crippen LogP contribution in [0.4, 0.5) is 0 Å². The van der Waals surface area contributed by atoms with Gasteiger partial charge in [0, 0.05) is 12.1 Å². The first-order chi connectivity index (χ1) is 9.45. The van der Waals surface area contributed by atoms with Crippen LogP contribution in [0.3, 0.4) is 0 Å². The van der Waals surface area contributed by atoms with E-state index in [1.807, 2.05) is 0 Å². The summed E-state index contributed by atoms with van der Waals surface area (Å²) in [7, 11) is -6.09. The predicted molar refractivity (Wildman–Crippen MR) is 80.9 cm³/mol. The van der Waals surface area contributed by atoms with Gasteiger partial charge in [0.15, 0.2) is 0 Å². The van der Waals surface area contributed by atoms with Gasteiger partial charge in [-0.3, -0.25) is 0 Å². The number of nitrogens with two attached hydrogens (primary N) is 1. The van der Waals surface area contributed by atoms with E-state index in [4.69, 9.17) is 5.73 Å². The molecule has 0 heterocycles. The zero-order valence-corrected chi connectivity index (χ0v) is 14.1. The van der Waals surface area contributed by atoms with E-state index in [1.54, 1.807) is 13.8 Å². The Labute approximate surface area is 126 Å². The molecule has 0 saturated carbocycles. The quantitative estimate of drug-likeness (QED) is 0.672. The molecule has 0 aliphatic rings. The number of hydrogen-bond donors (Lipinski definition) is 3. The average molecular weight is 335 g/mol. The molecule has 0 unspecified atom stereocenters. The summed E-state index contributed by atoms with van der Waals surface area (Å²) in [6.07, 6.45) is 0. The van der Waals surface area contributed by atoms with E-state index in [2.05, 4.69) is 9.44 Å². The minimum absolute atomic E-state index is 0.00317. The number of hydrogen-bond acceptors (Lipinski definition) is 5. The van der Waals surface area contributed by atoms with Crippen molar-refractivity contribution < 1.29 is 16.8 Å². The summed E-state index contributed by atoms with van der Waals surface area (Å²) in [5.74, 6) is 0. The second-order valence-electron chi connectivity index (χ2n) is 5.33. The van der Waals surface area contributed by atoms with E-state index in [1.165, 1.54) is 32.2 Å². The average Bonchev–Trinajstić information content (AvgIpc) is 2.37. The molecule has 1 rings (SSSR count). The standard InChI is InChI=1S/C12H21N3O4S2/c1-9-7-10(5-6-11(9)21(18,19)14-4)20(16,17)15-12(2,3)8-13/h5-7,14-15H,8,13H2,1-4H3. The van der Waals surface area contributed by atoms with Gasteiger partial charge < -0.3 is 5.73 Å². The van der Waals surface area contributed by atoms with Gasteiger partial charge in [-0.25, -0.2) is 26.3 Å². The number of nitrogens with one attached hydrogen (secondary N) is 2. The van der Waals surface area contributed by atoms with Crippen LogP contribution in [0, 0.1) is 6.92 Å².